The average molecular weight is 297 g/mol. The van der Waals surface area contributed by atoms with Crippen LogP contribution in [0.25, 0.3) is 0 Å². The van der Waals surface area contributed by atoms with Crippen molar-refractivity contribution < 1.29 is 0 Å². The van der Waals surface area contributed by atoms with Crippen LogP contribution in [0.1, 0.15) is 39.5 Å². The SMILES string of the molecule is CCCC(CS)(CCC)Cn1ncc(N(C)C)cc1=O. The van der Waals surface area contributed by atoms with E-state index in [1.54, 1.807) is 16.9 Å². The average Bonchev–Trinajstić information content (AvgIpc) is 2.41. The normalized spacial score (nSPS) is 11.7. The second kappa shape index (κ2) is 7.72. The first kappa shape index (κ1) is 17.1. The third-order valence-corrected chi connectivity index (χ3v) is 4.42. The van der Waals surface area contributed by atoms with E-state index in [0.29, 0.717) is 6.54 Å². The number of nitrogens with zero attached hydrogens (tertiary/aromatic N) is 3. The topological polar surface area (TPSA) is 38.1 Å². The second-order valence-electron chi connectivity index (χ2n) is 5.76. The highest BCUT2D eigenvalue weighted by Gasteiger charge is 2.28. The fourth-order valence-electron chi connectivity index (χ4n) is 2.66. The molecule has 0 saturated heterocycles. The van der Waals surface area contributed by atoms with Crippen molar-refractivity contribution in [3.05, 3.63) is 22.6 Å². The standard InChI is InChI=1S/C15H27N3OS/c1-5-7-15(12-20,8-6-2)11-18-14(19)9-13(10-16-18)17(3)4/h9-10,20H,5-8,11-12H2,1-4H3. The van der Waals surface area contributed by atoms with Crippen LogP contribution in [0, 0.1) is 5.41 Å². The van der Waals surface area contributed by atoms with Crippen molar-refractivity contribution in [2.45, 2.75) is 46.1 Å². The lowest BCUT2D eigenvalue weighted by atomic mass is 9.81. The van der Waals surface area contributed by atoms with E-state index in [1.807, 2.05) is 19.0 Å². The molecule has 0 aliphatic heterocycles. The maximum Gasteiger partial charge on any atom is 0.268 e. The molecule has 114 valence electrons. The highest BCUT2D eigenvalue weighted by molar-refractivity contribution is 7.80. The van der Waals surface area contributed by atoms with Crippen LogP contribution in [0.15, 0.2) is 17.1 Å². The summed E-state index contributed by atoms with van der Waals surface area (Å²) in [5, 5.41) is 4.33. The Morgan fingerprint density at radius 2 is 1.90 bits per heavy atom. The summed E-state index contributed by atoms with van der Waals surface area (Å²) in [5.74, 6) is 0.790. The van der Waals surface area contributed by atoms with E-state index >= 15 is 0 Å². The molecule has 1 aromatic heterocycles. The molecule has 0 radical (unpaired) electrons. The molecule has 0 unspecified atom stereocenters. The van der Waals surface area contributed by atoms with Gasteiger partial charge in [-0.1, -0.05) is 26.7 Å². The van der Waals surface area contributed by atoms with E-state index in [2.05, 4.69) is 31.6 Å². The molecule has 1 heterocycles. The molecule has 0 fully saturated rings. The van der Waals surface area contributed by atoms with Crippen LogP contribution in [-0.4, -0.2) is 29.6 Å². The van der Waals surface area contributed by atoms with Gasteiger partial charge in [0.05, 0.1) is 18.4 Å². The van der Waals surface area contributed by atoms with Gasteiger partial charge < -0.3 is 4.90 Å². The van der Waals surface area contributed by atoms with Crippen LogP contribution in [0.5, 0.6) is 0 Å². The second-order valence-corrected chi connectivity index (χ2v) is 6.08. The largest absolute Gasteiger partial charge is 0.376 e. The van der Waals surface area contributed by atoms with Gasteiger partial charge in [0.25, 0.3) is 5.56 Å². The number of thiol groups is 1. The van der Waals surface area contributed by atoms with Gasteiger partial charge in [-0.15, -0.1) is 0 Å². The van der Waals surface area contributed by atoms with Gasteiger partial charge in [0.15, 0.2) is 0 Å². The minimum Gasteiger partial charge on any atom is -0.376 e. The first-order chi connectivity index (χ1) is 9.48. The Hall–Kier alpha value is -0.970. The Labute approximate surface area is 127 Å². The molecule has 4 nitrogen and oxygen atoms in total. The molecule has 20 heavy (non-hydrogen) atoms. The molecule has 0 bridgehead atoms. The maximum absolute atomic E-state index is 12.2. The van der Waals surface area contributed by atoms with Gasteiger partial charge in [-0.2, -0.15) is 17.7 Å². The van der Waals surface area contributed by atoms with E-state index < -0.39 is 0 Å². The van der Waals surface area contributed by atoms with E-state index in [4.69, 9.17) is 0 Å². The summed E-state index contributed by atoms with van der Waals surface area (Å²) in [6, 6.07) is 1.65. The Balaban J connectivity index is 3.02. The molecule has 0 amide bonds. The monoisotopic (exact) mass is 297 g/mol. The third kappa shape index (κ3) is 4.27. The lowest BCUT2D eigenvalue weighted by Crippen LogP contribution is -2.35. The summed E-state index contributed by atoms with van der Waals surface area (Å²) in [6.45, 7) is 5.02. The molecular formula is C15H27N3OS. The highest BCUT2D eigenvalue weighted by Crippen LogP contribution is 2.32. The van der Waals surface area contributed by atoms with Gasteiger partial charge >= 0.3 is 0 Å². The van der Waals surface area contributed by atoms with E-state index in [1.165, 1.54) is 0 Å². The predicted octanol–water partition coefficient (Wildman–Crippen LogP) is 2.83. The zero-order valence-electron chi connectivity index (χ0n) is 13.1. The summed E-state index contributed by atoms with van der Waals surface area (Å²) in [7, 11) is 3.82. The zero-order chi connectivity index (χ0) is 15.2. The lowest BCUT2D eigenvalue weighted by Gasteiger charge is -2.32. The Morgan fingerprint density at radius 1 is 1.30 bits per heavy atom. The molecule has 0 aliphatic rings. The van der Waals surface area contributed by atoms with Crippen LogP contribution < -0.4 is 10.5 Å². The van der Waals surface area contributed by atoms with Gasteiger partial charge in [-0.05, 0) is 24.0 Å². The van der Waals surface area contributed by atoms with Crippen molar-refractivity contribution in [3.63, 3.8) is 0 Å². The maximum atomic E-state index is 12.2. The van der Waals surface area contributed by atoms with Crippen LogP contribution in [0.4, 0.5) is 5.69 Å². The van der Waals surface area contributed by atoms with Crippen LogP contribution in [0.3, 0.4) is 0 Å². The summed E-state index contributed by atoms with van der Waals surface area (Å²) >= 11 is 4.54. The van der Waals surface area contributed by atoms with E-state index in [9.17, 15) is 4.79 Å². The number of hydrogen-bond donors (Lipinski definition) is 1. The number of rotatable bonds is 8. The Bertz CT molecular complexity index is 464. The van der Waals surface area contributed by atoms with Gasteiger partial charge in [0, 0.05) is 20.2 Å². The van der Waals surface area contributed by atoms with Gasteiger partial charge in [-0.25, -0.2) is 4.68 Å². The minimum atomic E-state index is -0.0328. The van der Waals surface area contributed by atoms with Crippen LogP contribution in [-0.2, 0) is 6.54 Å². The molecule has 0 aliphatic carbocycles. The quantitative estimate of drug-likeness (QED) is 0.750. The minimum absolute atomic E-state index is 0.0328. The fourth-order valence-corrected chi connectivity index (χ4v) is 3.07. The number of anilines is 1. The van der Waals surface area contributed by atoms with Crippen molar-refractivity contribution in [3.8, 4) is 0 Å². The molecule has 0 aromatic carbocycles. The molecule has 1 rings (SSSR count). The Morgan fingerprint density at radius 3 is 2.30 bits per heavy atom. The number of aromatic nitrogens is 2. The highest BCUT2D eigenvalue weighted by atomic mass is 32.1. The third-order valence-electron chi connectivity index (χ3n) is 3.75. The van der Waals surface area contributed by atoms with Gasteiger partial charge in [-0.3, -0.25) is 4.79 Å². The predicted molar refractivity (Wildman–Crippen MR) is 88.9 cm³/mol. The van der Waals surface area contributed by atoms with Gasteiger partial charge in [0.2, 0.25) is 0 Å². The van der Waals surface area contributed by atoms with Crippen molar-refractivity contribution in [2.75, 3.05) is 24.7 Å². The Kier molecular flexibility index (Phi) is 6.59. The molecule has 0 atom stereocenters. The summed E-state index contributed by atoms with van der Waals surface area (Å²) in [6.07, 6.45) is 6.11. The first-order valence-electron chi connectivity index (χ1n) is 7.33. The molecule has 0 N–H and O–H groups in total. The van der Waals surface area contributed by atoms with Crippen LogP contribution in [0.2, 0.25) is 0 Å². The van der Waals surface area contributed by atoms with E-state index in [-0.39, 0.29) is 11.0 Å². The van der Waals surface area contributed by atoms with Crippen molar-refractivity contribution in [1.82, 2.24) is 9.78 Å². The van der Waals surface area contributed by atoms with Crippen molar-refractivity contribution >= 4 is 18.3 Å². The lowest BCUT2D eigenvalue weighted by molar-refractivity contribution is 0.217. The van der Waals surface area contributed by atoms with Crippen molar-refractivity contribution in [2.24, 2.45) is 5.41 Å². The van der Waals surface area contributed by atoms with E-state index in [0.717, 1.165) is 37.1 Å². The van der Waals surface area contributed by atoms with Crippen molar-refractivity contribution in [1.29, 1.82) is 0 Å². The fraction of sp³-hybridized carbons (Fsp3) is 0.733. The smallest absolute Gasteiger partial charge is 0.268 e. The molecular weight excluding hydrogens is 270 g/mol. The molecule has 1 aromatic rings. The van der Waals surface area contributed by atoms with Gasteiger partial charge in [0.1, 0.15) is 0 Å². The summed E-state index contributed by atoms with van der Waals surface area (Å²) in [5.41, 5.74) is 0.881. The first-order valence-corrected chi connectivity index (χ1v) is 7.96. The summed E-state index contributed by atoms with van der Waals surface area (Å²) in [4.78, 5) is 14.1. The molecule has 0 saturated carbocycles. The molecule has 5 heteroatoms. The van der Waals surface area contributed by atoms with Crippen LogP contribution >= 0.6 is 12.6 Å². The summed E-state index contributed by atoms with van der Waals surface area (Å²) < 4.78 is 1.59. The zero-order valence-corrected chi connectivity index (χ0v) is 14.0. The molecule has 0 spiro atoms. The number of hydrogen-bond acceptors (Lipinski definition) is 4.